The van der Waals surface area contributed by atoms with E-state index >= 15 is 0 Å². The zero-order valence-corrected chi connectivity index (χ0v) is 18.5. The van der Waals surface area contributed by atoms with Crippen molar-refractivity contribution < 1.29 is 4.79 Å². The molecule has 1 aliphatic rings. The van der Waals surface area contributed by atoms with Crippen LogP contribution in [0.25, 0.3) is 5.65 Å². The molecule has 0 bridgehead atoms. The number of hydrogen-bond acceptors (Lipinski definition) is 4. The number of carbonyl (C=O) groups is 1. The van der Waals surface area contributed by atoms with E-state index in [-0.39, 0.29) is 30.7 Å². The molecule has 156 valence electrons. The second-order valence-corrected chi connectivity index (χ2v) is 7.97. The van der Waals surface area contributed by atoms with Crippen LogP contribution in [0.4, 0.5) is 0 Å². The van der Waals surface area contributed by atoms with E-state index < -0.39 is 0 Å². The molecule has 0 unspecified atom stereocenters. The van der Waals surface area contributed by atoms with E-state index in [2.05, 4.69) is 4.98 Å². The van der Waals surface area contributed by atoms with Gasteiger partial charge in [-0.3, -0.25) is 4.79 Å². The number of carbonyl (C=O) groups excluding carboxylic acids is 1. The summed E-state index contributed by atoms with van der Waals surface area (Å²) in [5, 5.41) is 0. The van der Waals surface area contributed by atoms with E-state index in [0.717, 1.165) is 53.5 Å². The predicted molar refractivity (Wildman–Crippen MR) is 123 cm³/mol. The molecule has 29 heavy (non-hydrogen) atoms. The molecule has 2 N–H and O–H groups in total. The average Bonchev–Trinajstić information content (AvgIpc) is 3.15. The first kappa shape index (κ1) is 23.5. The van der Waals surface area contributed by atoms with Crippen LogP contribution in [0.5, 0.6) is 0 Å². The molecule has 5 nitrogen and oxygen atoms in total. The smallest absolute Gasteiger partial charge is 0.254 e. The third-order valence-electron chi connectivity index (χ3n) is 5.14. The Morgan fingerprint density at radius 1 is 1.10 bits per heavy atom. The van der Waals surface area contributed by atoms with Gasteiger partial charge in [0.05, 0.1) is 11.3 Å². The predicted octanol–water partition coefficient (Wildman–Crippen LogP) is 4.28. The van der Waals surface area contributed by atoms with Crippen molar-refractivity contribution in [1.29, 1.82) is 0 Å². The molecule has 1 amide bonds. The Balaban J connectivity index is 0.00000150. The van der Waals surface area contributed by atoms with Crippen LogP contribution in [0.15, 0.2) is 59.8 Å². The molecule has 4 rings (SSSR count). The maximum atomic E-state index is 13.0. The van der Waals surface area contributed by atoms with Gasteiger partial charge in [-0.25, -0.2) is 4.98 Å². The van der Waals surface area contributed by atoms with E-state index in [1.54, 1.807) is 11.8 Å². The van der Waals surface area contributed by atoms with Gasteiger partial charge in [0.15, 0.2) is 0 Å². The Morgan fingerprint density at radius 3 is 2.55 bits per heavy atom. The van der Waals surface area contributed by atoms with Crippen LogP contribution < -0.4 is 5.73 Å². The maximum Gasteiger partial charge on any atom is 0.254 e. The topological polar surface area (TPSA) is 63.6 Å². The minimum atomic E-state index is 0. The Labute approximate surface area is 187 Å². The number of rotatable bonds is 5. The summed E-state index contributed by atoms with van der Waals surface area (Å²) < 4.78 is 2.02. The summed E-state index contributed by atoms with van der Waals surface area (Å²) in [5.41, 5.74) is 8.51. The molecule has 1 aromatic carbocycles. The number of fused-ring (bicyclic) bond motifs is 1. The number of hydrogen-bond donors (Lipinski definition) is 1. The van der Waals surface area contributed by atoms with Crippen molar-refractivity contribution in [2.24, 2.45) is 11.7 Å². The molecule has 0 atom stereocenters. The van der Waals surface area contributed by atoms with Gasteiger partial charge in [0.25, 0.3) is 5.91 Å². The first-order chi connectivity index (χ1) is 13.2. The molecule has 0 saturated carbocycles. The van der Waals surface area contributed by atoms with E-state index in [9.17, 15) is 4.79 Å². The van der Waals surface area contributed by atoms with Crippen molar-refractivity contribution in [3.05, 3.63) is 66.1 Å². The van der Waals surface area contributed by atoms with Crippen LogP contribution in [-0.4, -0.2) is 39.8 Å². The molecule has 0 aliphatic carbocycles. The summed E-state index contributed by atoms with van der Waals surface area (Å²) >= 11 is 1.67. The molecule has 1 aliphatic heterocycles. The summed E-state index contributed by atoms with van der Waals surface area (Å²) in [6, 6.07) is 13.9. The van der Waals surface area contributed by atoms with Crippen molar-refractivity contribution in [3.8, 4) is 0 Å². The normalized spacial score (nSPS) is 14.3. The van der Waals surface area contributed by atoms with Gasteiger partial charge in [-0.05, 0) is 49.6 Å². The number of pyridine rings is 1. The zero-order chi connectivity index (χ0) is 18.6. The highest BCUT2D eigenvalue weighted by Gasteiger charge is 2.24. The van der Waals surface area contributed by atoms with Crippen molar-refractivity contribution in [3.63, 3.8) is 0 Å². The standard InChI is InChI=1S/C21H24N4OS.2ClH/c22-13-16-8-11-24(12-9-16)21(26)18-5-1-2-6-19(18)27-15-17-14-25-10-4-3-7-20(25)23-17;;/h1-7,10,14,16H,8-9,11-13,15,22H2;2*1H. The van der Waals surface area contributed by atoms with Crippen LogP contribution in [-0.2, 0) is 5.75 Å². The number of imidazole rings is 1. The SMILES string of the molecule is Cl.Cl.NCC1CCN(C(=O)c2ccccc2SCc2cn3ccccc3n2)CC1. The zero-order valence-electron chi connectivity index (χ0n) is 16.1. The summed E-state index contributed by atoms with van der Waals surface area (Å²) in [6.45, 7) is 2.31. The van der Waals surface area contributed by atoms with Crippen molar-refractivity contribution >= 4 is 48.1 Å². The summed E-state index contributed by atoms with van der Waals surface area (Å²) in [4.78, 5) is 20.7. The van der Waals surface area contributed by atoms with Gasteiger partial charge < -0.3 is 15.0 Å². The van der Waals surface area contributed by atoms with E-state index in [0.29, 0.717) is 12.5 Å². The Hall–Kier alpha value is -1.73. The van der Waals surface area contributed by atoms with Gasteiger partial charge in [-0.2, -0.15) is 0 Å². The Kier molecular flexibility index (Phi) is 8.83. The fourth-order valence-corrected chi connectivity index (χ4v) is 4.45. The third-order valence-corrected chi connectivity index (χ3v) is 6.25. The van der Waals surface area contributed by atoms with E-state index in [1.165, 1.54) is 0 Å². The lowest BCUT2D eigenvalue weighted by atomic mass is 9.96. The number of aromatic nitrogens is 2. The molecule has 1 fully saturated rings. The number of piperidine rings is 1. The van der Waals surface area contributed by atoms with Crippen LogP contribution in [0.3, 0.4) is 0 Å². The molecule has 1 saturated heterocycles. The van der Waals surface area contributed by atoms with Gasteiger partial charge in [0, 0.05) is 36.1 Å². The van der Waals surface area contributed by atoms with Gasteiger partial charge in [0.1, 0.15) is 5.65 Å². The van der Waals surface area contributed by atoms with Crippen LogP contribution in [0, 0.1) is 5.92 Å². The Morgan fingerprint density at radius 2 is 1.83 bits per heavy atom. The maximum absolute atomic E-state index is 13.0. The summed E-state index contributed by atoms with van der Waals surface area (Å²) in [5.74, 6) is 1.42. The fraction of sp³-hybridized carbons (Fsp3) is 0.333. The molecule has 0 radical (unpaired) electrons. The molecule has 0 spiro atoms. The second-order valence-electron chi connectivity index (χ2n) is 6.95. The number of amides is 1. The highest BCUT2D eigenvalue weighted by molar-refractivity contribution is 7.98. The number of likely N-dealkylation sites (tertiary alicyclic amines) is 1. The van der Waals surface area contributed by atoms with Crippen LogP contribution in [0.2, 0.25) is 0 Å². The van der Waals surface area contributed by atoms with Gasteiger partial charge in [0.2, 0.25) is 0 Å². The molecular formula is C21H26Cl2N4OS. The molecular weight excluding hydrogens is 427 g/mol. The first-order valence-corrected chi connectivity index (χ1v) is 10.4. The molecule has 3 aromatic rings. The highest BCUT2D eigenvalue weighted by atomic mass is 35.5. The summed E-state index contributed by atoms with van der Waals surface area (Å²) in [6.07, 6.45) is 6.04. The monoisotopic (exact) mass is 452 g/mol. The number of nitrogens with two attached hydrogens (primary N) is 1. The minimum absolute atomic E-state index is 0. The number of nitrogens with zero attached hydrogens (tertiary/aromatic N) is 3. The quantitative estimate of drug-likeness (QED) is 0.586. The number of thioether (sulfide) groups is 1. The molecule has 8 heteroatoms. The van der Waals surface area contributed by atoms with Crippen molar-refractivity contribution in [2.45, 2.75) is 23.5 Å². The lowest BCUT2D eigenvalue weighted by molar-refractivity contribution is 0.0690. The van der Waals surface area contributed by atoms with Crippen molar-refractivity contribution in [2.75, 3.05) is 19.6 Å². The Bertz CT molecular complexity index is 908. The largest absolute Gasteiger partial charge is 0.339 e. The molecule has 3 heterocycles. The van der Waals surface area contributed by atoms with Crippen molar-refractivity contribution in [1.82, 2.24) is 14.3 Å². The number of halogens is 2. The summed E-state index contributed by atoms with van der Waals surface area (Å²) in [7, 11) is 0. The first-order valence-electron chi connectivity index (χ1n) is 9.38. The lowest BCUT2D eigenvalue weighted by Crippen LogP contribution is -2.40. The van der Waals surface area contributed by atoms with Gasteiger partial charge >= 0.3 is 0 Å². The fourth-order valence-electron chi connectivity index (χ4n) is 3.52. The lowest BCUT2D eigenvalue weighted by Gasteiger charge is -2.31. The van der Waals surface area contributed by atoms with Gasteiger partial charge in [-0.15, -0.1) is 36.6 Å². The van der Waals surface area contributed by atoms with E-state index in [1.807, 2.05) is 64.2 Å². The van der Waals surface area contributed by atoms with Gasteiger partial charge in [-0.1, -0.05) is 18.2 Å². The van der Waals surface area contributed by atoms with Crippen LogP contribution >= 0.6 is 36.6 Å². The molecule has 2 aromatic heterocycles. The van der Waals surface area contributed by atoms with E-state index in [4.69, 9.17) is 5.73 Å². The second kappa shape index (κ2) is 10.9. The highest BCUT2D eigenvalue weighted by Crippen LogP contribution is 2.28. The minimum Gasteiger partial charge on any atom is -0.339 e. The van der Waals surface area contributed by atoms with Crippen LogP contribution in [0.1, 0.15) is 28.9 Å². The number of benzene rings is 1. The average molecular weight is 453 g/mol. The third kappa shape index (κ3) is 5.45.